The zero-order valence-electron chi connectivity index (χ0n) is 15.1. The Morgan fingerprint density at radius 3 is 2.81 bits per heavy atom. The lowest BCUT2D eigenvalue weighted by Gasteiger charge is -2.29. The second-order valence-electron chi connectivity index (χ2n) is 7.23. The Hall–Kier alpha value is -2.21. The van der Waals surface area contributed by atoms with Gasteiger partial charge in [-0.1, -0.05) is 41.9 Å². The highest BCUT2D eigenvalue weighted by atomic mass is 32.1. The van der Waals surface area contributed by atoms with Crippen LogP contribution in [0.15, 0.2) is 35.7 Å². The summed E-state index contributed by atoms with van der Waals surface area (Å²) in [6, 6.07) is 10.5. The predicted molar refractivity (Wildman–Crippen MR) is 104 cm³/mol. The lowest BCUT2D eigenvalue weighted by Crippen LogP contribution is -2.36. The summed E-state index contributed by atoms with van der Waals surface area (Å²) in [4.78, 5) is 15.0. The smallest absolute Gasteiger partial charge is 0.275 e. The van der Waals surface area contributed by atoms with Gasteiger partial charge in [0.2, 0.25) is 0 Å². The van der Waals surface area contributed by atoms with Crippen LogP contribution in [-0.2, 0) is 13.6 Å². The van der Waals surface area contributed by atoms with Gasteiger partial charge < -0.3 is 9.47 Å². The first-order valence-electron chi connectivity index (χ1n) is 9.32. The van der Waals surface area contributed by atoms with Gasteiger partial charge in [-0.25, -0.2) is 0 Å². The van der Waals surface area contributed by atoms with Crippen molar-refractivity contribution < 1.29 is 4.79 Å². The van der Waals surface area contributed by atoms with Gasteiger partial charge in [0.25, 0.3) is 5.91 Å². The molecule has 2 heterocycles. The number of rotatable bonds is 5. The molecule has 1 amide bonds. The number of benzene rings is 1. The lowest BCUT2D eigenvalue weighted by molar-refractivity contribution is 0.0689. The molecule has 1 aliphatic rings. The number of fused-ring (bicyclic) bond motifs is 1. The van der Waals surface area contributed by atoms with Crippen molar-refractivity contribution in [2.45, 2.75) is 38.6 Å². The van der Waals surface area contributed by atoms with Crippen LogP contribution in [0.4, 0.5) is 0 Å². The van der Waals surface area contributed by atoms with Crippen molar-refractivity contribution in [2.24, 2.45) is 13.0 Å². The minimum absolute atomic E-state index is 0.00502. The van der Waals surface area contributed by atoms with E-state index in [2.05, 4.69) is 51.5 Å². The molecule has 1 fully saturated rings. The zero-order chi connectivity index (χ0) is 17.9. The van der Waals surface area contributed by atoms with Gasteiger partial charge in [0.1, 0.15) is 0 Å². The van der Waals surface area contributed by atoms with Gasteiger partial charge >= 0.3 is 0 Å². The molecule has 1 saturated carbocycles. The average molecular weight is 369 g/mol. The van der Waals surface area contributed by atoms with Crippen LogP contribution < -0.4 is 0 Å². The lowest BCUT2D eigenvalue weighted by atomic mass is 9.89. The molecule has 6 heteroatoms. The highest BCUT2D eigenvalue weighted by Gasteiger charge is 2.24. The molecule has 0 aliphatic heterocycles. The Labute approximate surface area is 157 Å². The van der Waals surface area contributed by atoms with Gasteiger partial charge in [0, 0.05) is 30.2 Å². The van der Waals surface area contributed by atoms with E-state index in [1.807, 2.05) is 4.90 Å². The molecule has 5 nitrogen and oxygen atoms in total. The molecule has 0 unspecified atom stereocenters. The molecule has 0 N–H and O–H groups in total. The standard InChI is InChI=1S/C20H24N4OS/c1-23-17(11-16-9-5-6-10-19(16)23)13-24(12-15-7-3-2-4-8-15)20(25)18-14-26-22-21-18/h5-6,9-11,14-15H,2-4,7-8,12-13H2,1H3. The Kier molecular flexibility index (Phi) is 5.02. The molecule has 0 spiro atoms. The number of amides is 1. The Balaban J connectivity index is 1.60. The maximum atomic E-state index is 13.0. The molecule has 136 valence electrons. The van der Waals surface area contributed by atoms with Gasteiger partial charge in [-0.15, -0.1) is 5.10 Å². The van der Waals surface area contributed by atoms with Gasteiger partial charge in [-0.3, -0.25) is 4.79 Å². The van der Waals surface area contributed by atoms with E-state index in [4.69, 9.17) is 0 Å². The first-order valence-corrected chi connectivity index (χ1v) is 10.2. The van der Waals surface area contributed by atoms with Gasteiger partial charge in [0.15, 0.2) is 5.69 Å². The van der Waals surface area contributed by atoms with Crippen molar-refractivity contribution in [3.8, 4) is 0 Å². The van der Waals surface area contributed by atoms with Crippen LogP contribution in [0.25, 0.3) is 10.9 Å². The number of aromatic nitrogens is 3. The van der Waals surface area contributed by atoms with Crippen LogP contribution in [0.3, 0.4) is 0 Å². The normalized spacial score (nSPS) is 15.4. The van der Waals surface area contributed by atoms with E-state index in [0.29, 0.717) is 18.2 Å². The number of hydrogen-bond donors (Lipinski definition) is 0. The third-order valence-corrected chi connectivity index (χ3v) is 5.98. The summed E-state index contributed by atoms with van der Waals surface area (Å²) in [5, 5.41) is 6.97. The van der Waals surface area contributed by atoms with E-state index >= 15 is 0 Å². The molecular weight excluding hydrogens is 344 g/mol. The fourth-order valence-electron chi connectivity index (χ4n) is 4.01. The third-order valence-electron chi connectivity index (χ3n) is 5.47. The van der Waals surface area contributed by atoms with Crippen molar-refractivity contribution in [2.75, 3.05) is 6.54 Å². The highest BCUT2D eigenvalue weighted by Crippen LogP contribution is 2.26. The van der Waals surface area contributed by atoms with Crippen molar-refractivity contribution >= 4 is 28.3 Å². The van der Waals surface area contributed by atoms with Crippen LogP contribution >= 0.6 is 11.5 Å². The van der Waals surface area contributed by atoms with Crippen LogP contribution in [0.1, 0.15) is 48.3 Å². The summed E-state index contributed by atoms with van der Waals surface area (Å²) in [6.45, 7) is 1.41. The first-order chi connectivity index (χ1) is 12.7. The molecule has 0 saturated heterocycles. The minimum atomic E-state index is -0.00502. The summed E-state index contributed by atoms with van der Waals surface area (Å²) in [7, 11) is 2.07. The number of carbonyl (C=O) groups is 1. The quantitative estimate of drug-likeness (QED) is 0.676. The molecule has 3 aromatic rings. The average Bonchev–Trinajstić information content (AvgIpc) is 3.31. The topological polar surface area (TPSA) is 51.0 Å². The molecule has 2 aromatic heterocycles. The summed E-state index contributed by atoms with van der Waals surface area (Å²) < 4.78 is 6.06. The van der Waals surface area contributed by atoms with E-state index < -0.39 is 0 Å². The summed E-state index contributed by atoms with van der Waals surface area (Å²) in [5.41, 5.74) is 2.81. The van der Waals surface area contributed by atoms with Crippen LogP contribution in [0, 0.1) is 5.92 Å². The first kappa shape index (κ1) is 17.2. The molecule has 1 aliphatic carbocycles. The van der Waals surface area contributed by atoms with Gasteiger partial charge in [-0.2, -0.15) is 0 Å². The van der Waals surface area contributed by atoms with Crippen molar-refractivity contribution in [3.63, 3.8) is 0 Å². The number of hydrogen-bond acceptors (Lipinski definition) is 4. The summed E-state index contributed by atoms with van der Waals surface area (Å²) >= 11 is 1.23. The zero-order valence-corrected chi connectivity index (χ0v) is 15.9. The Bertz CT molecular complexity index is 880. The fourth-order valence-corrected chi connectivity index (χ4v) is 4.44. The van der Waals surface area contributed by atoms with Crippen LogP contribution in [0.2, 0.25) is 0 Å². The molecular formula is C20H24N4OS. The van der Waals surface area contributed by atoms with E-state index in [9.17, 15) is 4.79 Å². The van der Waals surface area contributed by atoms with Crippen LogP contribution in [0.5, 0.6) is 0 Å². The molecule has 26 heavy (non-hydrogen) atoms. The maximum Gasteiger partial charge on any atom is 0.275 e. The molecule has 1 aromatic carbocycles. The highest BCUT2D eigenvalue weighted by molar-refractivity contribution is 7.03. The Morgan fingerprint density at radius 1 is 1.27 bits per heavy atom. The van der Waals surface area contributed by atoms with E-state index in [0.717, 1.165) is 12.2 Å². The third kappa shape index (κ3) is 3.51. The monoisotopic (exact) mass is 368 g/mol. The molecule has 0 atom stereocenters. The van der Waals surface area contributed by atoms with E-state index in [1.54, 1.807) is 5.38 Å². The minimum Gasteiger partial charge on any atom is -0.346 e. The van der Waals surface area contributed by atoms with E-state index in [1.165, 1.54) is 54.5 Å². The second-order valence-corrected chi connectivity index (χ2v) is 7.84. The molecule has 0 bridgehead atoms. The van der Waals surface area contributed by atoms with Gasteiger partial charge in [0.05, 0.1) is 6.54 Å². The van der Waals surface area contributed by atoms with Crippen molar-refractivity contribution in [1.82, 2.24) is 19.1 Å². The molecule has 4 rings (SSSR count). The summed E-state index contributed by atoms with van der Waals surface area (Å²) in [6.07, 6.45) is 6.31. The van der Waals surface area contributed by atoms with Crippen LogP contribution in [-0.4, -0.2) is 31.5 Å². The number of para-hydroxylation sites is 1. The molecule has 0 radical (unpaired) electrons. The fraction of sp³-hybridized carbons (Fsp3) is 0.450. The van der Waals surface area contributed by atoms with Gasteiger partial charge in [-0.05, 0) is 47.8 Å². The number of carbonyl (C=O) groups excluding carboxylic acids is 1. The predicted octanol–water partition coefficient (Wildman–Crippen LogP) is 4.25. The summed E-state index contributed by atoms with van der Waals surface area (Å²) in [5.74, 6) is 0.587. The van der Waals surface area contributed by atoms with Crippen molar-refractivity contribution in [1.29, 1.82) is 0 Å². The number of nitrogens with zero attached hydrogens (tertiary/aromatic N) is 4. The SMILES string of the molecule is Cn1c(CN(CC2CCCCC2)C(=O)c2csnn2)cc2ccccc21. The largest absolute Gasteiger partial charge is 0.346 e. The second kappa shape index (κ2) is 7.58. The van der Waals surface area contributed by atoms with Crippen molar-refractivity contribution in [3.05, 3.63) is 47.1 Å². The van der Waals surface area contributed by atoms with E-state index in [-0.39, 0.29) is 5.91 Å². The number of aryl methyl sites for hydroxylation is 1. The maximum absolute atomic E-state index is 13.0. The Morgan fingerprint density at radius 2 is 2.08 bits per heavy atom.